The number of amides is 1. The van der Waals surface area contributed by atoms with E-state index >= 15 is 0 Å². The molecule has 0 aliphatic carbocycles. The van der Waals surface area contributed by atoms with Crippen LogP contribution in [-0.2, 0) is 4.74 Å². The highest BCUT2D eigenvalue weighted by molar-refractivity contribution is 6.02. The van der Waals surface area contributed by atoms with Gasteiger partial charge in [-0.2, -0.15) is 8.78 Å². The first kappa shape index (κ1) is 19.0. The Kier molecular flexibility index (Phi) is 5.55. The minimum absolute atomic E-state index is 0.0971. The van der Waals surface area contributed by atoms with Crippen molar-refractivity contribution in [2.75, 3.05) is 25.7 Å². The molecule has 0 spiro atoms. The minimum Gasteiger partial charge on any atom is -0.435 e. The topological polar surface area (TPSA) is 50.8 Å². The lowest BCUT2D eigenvalue weighted by atomic mass is 10.00. The molecule has 1 amide bonds. The van der Waals surface area contributed by atoms with E-state index in [1.54, 1.807) is 30.2 Å². The van der Waals surface area contributed by atoms with Gasteiger partial charge in [0, 0.05) is 18.9 Å². The first-order chi connectivity index (χ1) is 12.9. The molecule has 0 bridgehead atoms. The summed E-state index contributed by atoms with van der Waals surface area (Å²) < 4.78 is 48.0. The quantitative estimate of drug-likeness (QED) is 0.824. The number of fused-ring (bicyclic) bond motifs is 1. The van der Waals surface area contributed by atoms with E-state index in [0.717, 1.165) is 6.07 Å². The van der Waals surface area contributed by atoms with Crippen LogP contribution in [0.25, 0.3) is 11.1 Å². The number of anilines is 1. The molecule has 5 nitrogen and oxygen atoms in total. The highest BCUT2D eigenvalue weighted by Gasteiger charge is 2.27. The van der Waals surface area contributed by atoms with Crippen molar-refractivity contribution < 1.29 is 27.4 Å². The van der Waals surface area contributed by atoms with Crippen molar-refractivity contribution >= 4 is 11.6 Å². The molecule has 0 radical (unpaired) electrons. The van der Waals surface area contributed by atoms with Gasteiger partial charge in [-0.3, -0.25) is 4.79 Å². The average Bonchev–Trinajstić information content (AvgIpc) is 2.60. The third kappa shape index (κ3) is 4.16. The Balaban J connectivity index is 1.90. The van der Waals surface area contributed by atoms with E-state index in [9.17, 15) is 18.0 Å². The molecule has 144 valence electrons. The van der Waals surface area contributed by atoms with E-state index in [2.05, 4.69) is 10.1 Å². The van der Waals surface area contributed by atoms with Gasteiger partial charge in [-0.05, 0) is 42.3 Å². The Hall–Kier alpha value is -2.74. The Labute approximate surface area is 154 Å². The summed E-state index contributed by atoms with van der Waals surface area (Å²) in [6.07, 6.45) is 0. The minimum atomic E-state index is -3.04. The lowest BCUT2D eigenvalue weighted by molar-refractivity contribution is -0.0499. The van der Waals surface area contributed by atoms with Gasteiger partial charge < -0.3 is 19.7 Å². The summed E-state index contributed by atoms with van der Waals surface area (Å²) >= 11 is 0. The van der Waals surface area contributed by atoms with Crippen LogP contribution >= 0.6 is 0 Å². The monoisotopic (exact) mass is 380 g/mol. The molecule has 1 aliphatic rings. The van der Waals surface area contributed by atoms with Crippen LogP contribution in [0.15, 0.2) is 36.4 Å². The van der Waals surface area contributed by atoms with Crippen LogP contribution in [0.3, 0.4) is 0 Å². The number of hydrogen-bond acceptors (Lipinski definition) is 4. The SMILES string of the molecule is COCC(C)N1CNc2cc(-c3cc(F)cc(OC(F)F)c3)ccc2C1=O. The summed E-state index contributed by atoms with van der Waals surface area (Å²) in [6.45, 7) is -0.429. The molecule has 1 N–H and O–H groups in total. The zero-order valence-corrected chi connectivity index (χ0v) is 14.8. The first-order valence-corrected chi connectivity index (χ1v) is 8.32. The third-order valence-electron chi connectivity index (χ3n) is 4.32. The molecular weight excluding hydrogens is 361 g/mol. The van der Waals surface area contributed by atoms with Crippen LogP contribution in [-0.4, -0.2) is 43.8 Å². The summed E-state index contributed by atoms with van der Waals surface area (Å²) in [7, 11) is 1.57. The van der Waals surface area contributed by atoms with E-state index in [4.69, 9.17) is 4.74 Å². The van der Waals surface area contributed by atoms with Crippen molar-refractivity contribution in [3.8, 4) is 16.9 Å². The van der Waals surface area contributed by atoms with Crippen LogP contribution in [0.4, 0.5) is 18.9 Å². The first-order valence-electron chi connectivity index (χ1n) is 8.32. The summed E-state index contributed by atoms with van der Waals surface area (Å²) in [6, 6.07) is 8.30. The number of methoxy groups -OCH3 is 1. The zero-order chi connectivity index (χ0) is 19.6. The van der Waals surface area contributed by atoms with Gasteiger partial charge >= 0.3 is 6.61 Å². The van der Waals surface area contributed by atoms with Gasteiger partial charge in [-0.1, -0.05) is 6.07 Å². The number of nitrogens with one attached hydrogen (secondary N) is 1. The largest absolute Gasteiger partial charge is 0.435 e. The number of benzene rings is 2. The number of alkyl halides is 2. The predicted molar refractivity (Wildman–Crippen MR) is 94.5 cm³/mol. The summed E-state index contributed by atoms with van der Waals surface area (Å²) in [5.41, 5.74) is 2.02. The van der Waals surface area contributed by atoms with Crippen molar-refractivity contribution in [3.05, 3.63) is 47.8 Å². The number of ether oxygens (including phenoxy) is 2. The molecule has 1 atom stereocenters. The summed E-state index contributed by atoms with van der Waals surface area (Å²) in [5, 5.41) is 3.16. The van der Waals surface area contributed by atoms with Crippen LogP contribution in [0.2, 0.25) is 0 Å². The molecule has 0 saturated carbocycles. The second-order valence-electron chi connectivity index (χ2n) is 6.23. The Morgan fingerprint density at radius 2 is 1.96 bits per heavy atom. The van der Waals surface area contributed by atoms with E-state index in [0.29, 0.717) is 35.7 Å². The normalized spacial score (nSPS) is 14.7. The molecule has 27 heavy (non-hydrogen) atoms. The molecule has 0 aromatic heterocycles. The highest BCUT2D eigenvalue weighted by atomic mass is 19.3. The summed E-state index contributed by atoms with van der Waals surface area (Å²) in [4.78, 5) is 14.3. The highest BCUT2D eigenvalue weighted by Crippen LogP contribution is 2.32. The van der Waals surface area contributed by atoms with E-state index in [-0.39, 0.29) is 17.7 Å². The van der Waals surface area contributed by atoms with Crippen LogP contribution < -0.4 is 10.1 Å². The van der Waals surface area contributed by atoms with E-state index in [1.165, 1.54) is 12.1 Å². The standard InChI is InChI=1S/C19H19F3N2O3/c1-11(9-26-2)24-10-23-17-7-12(3-4-16(17)18(24)25)13-5-14(20)8-15(6-13)27-19(21)22/h3-8,11,19,23H,9-10H2,1-2H3. The smallest absolute Gasteiger partial charge is 0.387 e. The fraction of sp³-hybridized carbons (Fsp3) is 0.316. The maximum absolute atomic E-state index is 13.8. The lowest BCUT2D eigenvalue weighted by Crippen LogP contribution is -2.47. The number of carbonyl (C=O) groups excluding carboxylic acids is 1. The molecule has 1 unspecified atom stereocenters. The maximum atomic E-state index is 13.8. The van der Waals surface area contributed by atoms with E-state index < -0.39 is 12.4 Å². The van der Waals surface area contributed by atoms with Crippen LogP contribution in [0.5, 0.6) is 5.75 Å². The molecular formula is C19H19F3N2O3. The molecule has 2 aromatic carbocycles. The fourth-order valence-electron chi connectivity index (χ4n) is 3.04. The molecule has 0 saturated heterocycles. The van der Waals surface area contributed by atoms with Crippen molar-refractivity contribution in [2.45, 2.75) is 19.6 Å². The van der Waals surface area contributed by atoms with Crippen molar-refractivity contribution in [3.63, 3.8) is 0 Å². The van der Waals surface area contributed by atoms with Gasteiger partial charge in [0.2, 0.25) is 0 Å². The summed E-state index contributed by atoms with van der Waals surface area (Å²) in [5.74, 6) is -1.09. The number of carbonyl (C=O) groups is 1. The molecule has 2 aromatic rings. The zero-order valence-electron chi connectivity index (χ0n) is 14.8. The van der Waals surface area contributed by atoms with Crippen LogP contribution in [0.1, 0.15) is 17.3 Å². The van der Waals surface area contributed by atoms with Gasteiger partial charge in [-0.15, -0.1) is 0 Å². The predicted octanol–water partition coefficient (Wildman–Crippen LogP) is 3.95. The van der Waals surface area contributed by atoms with E-state index in [1.807, 2.05) is 6.92 Å². The van der Waals surface area contributed by atoms with Crippen molar-refractivity contribution in [2.24, 2.45) is 0 Å². The number of rotatable bonds is 6. The Morgan fingerprint density at radius 3 is 2.67 bits per heavy atom. The van der Waals surface area contributed by atoms with Gasteiger partial charge in [0.15, 0.2) is 0 Å². The Morgan fingerprint density at radius 1 is 1.19 bits per heavy atom. The lowest BCUT2D eigenvalue weighted by Gasteiger charge is -2.34. The second kappa shape index (κ2) is 7.87. The number of hydrogen-bond donors (Lipinski definition) is 1. The van der Waals surface area contributed by atoms with Crippen LogP contribution in [0, 0.1) is 5.82 Å². The molecule has 1 aliphatic heterocycles. The number of nitrogens with zero attached hydrogens (tertiary/aromatic N) is 1. The van der Waals surface area contributed by atoms with Gasteiger partial charge in [0.05, 0.1) is 24.9 Å². The maximum Gasteiger partial charge on any atom is 0.387 e. The fourth-order valence-corrected chi connectivity index (χ4v) is 3.04. The third-order valence-corrected chi connectivity index (χ3v) is 4.32. The average molecular weight is 380 g/mol. The number of halogens is 3. The Bertz CT molecular complexity index is 845. The second-order valence-corrected chi connectivity index (χ2v) is 6.23. The molecule has 0 fully saturated rings. The molecule has 1 heterocycles. The van der Waals surface area contributed by atoms with Crippen molar-refractivity contribution in [1.82, 2.24) is 4.90 Å². The van der Waals surface area contributed by atoms with Gasteiger partial charge in [-0.25, -0.2) is 4.39 Å². The van der Waals surface area contributed by atoms with Gasteiger partial charge in [0.25, 0.3) is 5.91 Å². The molecule has 8 heteroatoms. The van der Waals surface area contributed by atoms with Gasteiger partial charge in [0.1, 0.15) is 11.6 Å². The molecule has 3 rings (SSSR count). The van der Waals surface area contributed by atoms with Crippen molar-refractivity contribution in [1.29, 1.82) is 0 Å².